The van der Waals surface area contributed by atoms with Crippen LogP contribution >= 0.6 is 0 Å². The number of imidazole rings is 1. The van der Waals surface area contributed by atoms with Crippen LogP contribution in [0, 0.1) is 13.8 Å². The zero-order valence-electron chi connectivity index (χ0n) is 7.20. The largest absolute Gasteiger partial charge is 0.398 e. The Kier molecular flexibility index (Phi) is 1.33. The lowest BCUT2D eigenvalue weighted by molar-refractivity contribution is 1.10. The number of anilines is 1. The van der Waals surface area contributed by atoms with Crippen molar-refractivity contribution in [2.75, 3.05) is 5.73 Å². The monoisotopic (exact) mass is 161 g/mol. The van der Waals surface area contributed by atoms with Crippen molar-refractivity contribution in [1.82, 2.24) is 9.38 Å². The molecule has 0 bridgehead atoms. The van der Waals surface area contributed by atoms with Crippen LogP contribution in [0.25, 0.3) is 5.65 Å². The Morgan fingerprint density at radius 3 is 2.83 bits per heavy atom. The Hall–Kier alpha value is -1.51. The number of pyridine rings is 1. The summed E-state index contributed by atoms with van der Waals surface area (Å²) in [5.74, 6) is 0. The first-order valence-electron chi connectivity index (χ1n) is 3.89. The second kappa shape index (κ2) is 2.24. The number of hydrogen-bond acceptors (Lipinski definition) is 2. The lowest BCUT2D eigenvalue weighted by atomic mass is 10.4. The molecule has 12 heavy (non-hydrogen) atoms. The van der Waals surface area contributed by atoms with Crippen molar-refractivity contribution >= 4 is 11.3 Å². The first-order chi connectivity index (χ1) is 5.68. The van der Waals surface area contributed by atoms with Crippen LogP contribution in [-0.2, 0) is 0 Å². The van der Waals surface area contributed by atoms with Crippen LogP contribution in [0.3, 0.4) is 0 Å². The van der Waals surface area contributed by atoms with Crippen molar-refractivity contribution in [2.24, 2.45) is 0 Å². The Morgan fingerprint density at radius 2 is 2.08 bits per heavy atom. The predicted molar refractivity (Wildman–Crippen MR) is 49.1 cm³/mol. The molecule has 2 aromatic rings. The van der Waals surface area contributed by atoms with Crippen LogP contribution < -0.4 is 5.73 Å². The van der Waals surface area contributed by atoms with Gasteiger partial charge in [0.1, 0.15) is 5.65 Å². The van der Waals surface area contributed by atoms with Crippen molar-refractivity contribution in [1.29, 1.82) is 0 Å². The molecule has 2 heterocycles. The molecule has 0 fully saturated rings. The SMILES string of the molecule is Cc1nc2ccc(N)cn2c1C. The molecule has 0 saturated carbocycles. The summed E-state index contributed by atoms with van der Waals surface area (Å²) in [5.41, 5.74) is 9.58. The minimum atomic E-state index is 0.767. The molecule has 0 aliphatic carbocycles. The van der Waals surface area contributed by atoms with E-state index >= 15 is 0 Å². The van der Waals surface area contributed by atoms with Gasteiger partial charge in [-0.2, -0.15) is 0 Å². The molecule has 3 nitrogen and oxygen atoms in total. The number of aromatic nitrogens is 2. The number of hydrogen-bond donors (Lipinski definition) is 1. The van der Waals surface area contributed by atoms with Crippen molar-refractivity contribution in [2.45, 2.75) is 13.8 Å². The number of nitrogen functional groups attached to an aromatic ring is 1. The van der Waals surface area contributed by atoms with Gasteiger partial charge in [0.2, 0.25) is 0 Å². The van der Waals surface area contributed by atoms with E-state index in [1.807, 2.05) is 36.6 Å². The molecule has 3 heteroatoms. The van der Waals surface area contributed by atoms with E-state index in [1.54, 1.807) is 0 Å². The predicted octanol–water partition coefficient (Wildman–Crippen LogP) is 1.53. The topological polar surface area (TPSA) is 43.3 Å². The molecule has 0 atom stereocenters. The zero-order valence-corrected chi connectivity index (χ0v) is 7.20. The van der Waals surface area contributed by atoms with Crippen molar-refractivity contribution in [3.63, 3.8) is 0 Å². The Bertz CT molecular complexity index is 429. The molecular formula is C9H11N3. The molecule has 0 aliphatic heterocycles. The normalized spacial score (nSPS) is 10.8. The maximum absolute atomic E-state index is 5.65. The maximum Gasteiger partial charge on any atom is 0.137 e. The van der Waals surface area contributed by atoms with E-state index in [2.05, 4.69) is 4.98 Å². The van der Waals surface area contributed by atoms with Gasteiger partial charge in [0.05, 0.1) is 5.69 Å². The lowest BCUT2D eigenvalue weighted by Crippen LogP contribution is -1.91. The van der Waals surface area contributed by atoms with Gasteiger partial charge in [-0.1, -0.05) is 0 Å². The van der Waals surface area contributed by atoms with Crippen LogP contribution in [0.5, 0.6) is 0 Å². The highest BCUT2D eigenvalue weighted by atomic mass is 15.0. The molecule has 0 saturated heterocycles. The maximum atomic E-state index is 5.65. The van der Waals surface area contributed by atoms with E-state index in [0.717, 1.165) is 22.7 Å². The van der Waals surface area contributed by atoms with Crippen LogP contribution in [0.1, 0.15) is 11.4 Å². The van der Waals surface area contributed by atoms with Gasteiger partial charge in [0, 0.05) is 17.6 Å². The molecule has 2 rings (SSSR count). The van der Waals surface area contributed by atoms with Gasteiger partial charge in [0.15, 0.2) is 0 Å². The van der Waals surface area contributed by atoms with Crippen molar-refractivity contribution in [3.05, 3.63) is 29.7 Å². The van der Waals surface area contributed by atoms with E-state index in [0.29, 0.717) is 0 Å². The van der Waals surface area contributed by atoms with Gasteiger partial charge in [-0.3, -0.25) is 0 Å². The molecule has 0 aliphatic rings. The highest BCUT2D eigenvalue weighted by molar-refractivity contribution is 5.49. The highest BCUT2D eigenvalue weighted by Gasteiger charge is 2.02. The summed E-state index contributed by atoms with van der Waals surface area (Å²) in [6.45, 7) is 4.04. The first-order valence-corrected chi connectivity index (χ1v) is 3.89. The lowest BCUT2D eigenvalue weighted by Gasteiger charge is -1.97. The fourth-order valence-corrected chi connectivity index (χ4v) is 1.30. The summed E-state index contributed by atoms with van der Waals surface area (Å²) in [6, 6.07) is 3.79. The van der Waals surface area contributed by atoms with E-state index in [4.69, 9.17) is 5.73 Å². The molecule has 2 N–H and O–H groups in total. The summed E-state index contributed by atoms with van der Waals surface area (Å²) >= 11 is 0. The molecule has 62 valence electrons. The average Bonchev–Trinajstić information content (AvgIpc) is 2.31. The van der Waals surface area contributed by atoms with Crippen LogP contribution in [0.2, 0.25) is 0 Å². The van der Waals surface area contributed by atoms with Gasteiger partial charge in [-0.25, -0.2) is 4.98 Å². The Balaban J connectivity index is 2.88. The summed E-state index contributed by atoms with van der Waals surface area (Å²) in [4.78, 5) is 4.36. The molecule has 0 radical (unpaired) electrons. The zero-order chi connectivity index (χ0) is 8.72. The molecule has 0 aromatic carbocycles. The van der Waals surface area contributed by atoms with Gasteiger partial charge < -0.3 is 10.1 Å². The second-order valence-corrected chi connectivity index (χ2v) is 2.97. The third kappa shape index (κ3) is 0.863. The molecular weight excluding hydrogens is 150 g/mol. The molecule has 0 spiro atoms. The quantitative estimate of drug-likeness (QED) is 0.636. The summed E-state index contributed by atoms with van der Waals surface area (Å²) in [7, 11) is 0. The number of nitrogens with zero attached hydrogens (tertiary/aromatic N) is 2. The van der Waals surface area contributed by atoms with E-state index < -0.39 is 0 Å². The standard InChI is InChI=1S/C9H11N3/c1-6-7(2)12-5-8(10)3-4-9(12)11-6/h3-5H,10H2,1-2H3. The number of nitrogens with two attached hydrogens (primary N) is 1. The third-order valence-corrected chi connectivity index (χ3v) is 2.12. The van der Waals surface area contributed by atoms with Gasteiger partial charge >= 0.3 is 0 Å². The number of aryl methyl sites for hydroxylation is 2. The molecule has 0 unspecified atom stereocenters. The van der Waals surface area contributed by atoms with E-state index in [9.17, 15) is 0 Å². The Morgan fingerprint density at radius 1 is 1.33 bits per heavy atom. The minimum Gasteiger partial charge on any atom is -0.398 e. The van der Waals surface area contributed by atoms with Crippen molar-refractivity contribution in [3.8, 4) is 0 Å². The molecule has 0 amide bonds. The third-order valence-electron chi connectivity index (χ3n) is 2.12. The van der Waals surface area contributed by atoms with Gasteiger partial charge in [-0.05, 0) is 26.0 Å². The summed E-state index contributed by atoms with van der Waals surface area (Å²) < 4.78 is 2.00. The number of rotatable bonds is 0. The van der Waals surface area contributed by atoms with E-state index in [-0.39, 0.29) is 0 Å². The summed E-state index contributed by atoms with van der Waals surface area (Å²) in [5, 5.41) is 0. The van der Waals surface area contributed by atoms with Crippen LogP contribution in [0.15, 0.2) is 18.3 Å². The van der Waals surface area contributed by atoms with Crippen LogP contribution in [-0.4, -0.2) is 9.38 Å². The van der Waals surface area contributed by atoms with E-state index in [1.165, 1.54) is 0 Å². The fraction of sp³-hybridized carbons (Fsp3) is 0.222. The van der Waals surface area contributed by atoms with Gasteiger partial charge in [0.25, 0.3) is 0 Å². The second-order valence-electron chi connectivity index (χ2n) is 2.97. The molecule has 2 aromatic heterocycles. The fourth-order valence-electron chi connectivity index (χ4n) is 1.30. The number of fused-ring (bicyclic) bond motifs is 1. The highest BCUT2D eigenvalue weighted by Crippen LogP contribution is 2.12. The van der Waals surface area contributed by atoms with Gasteiger partial charge in [-0.15, -0.1) is 0 Å². The van der Waals surface area contributed by atoms with Crippen molar-refractivity contribution < 1.29 is 0 Å². The minimum absolute atomic E-state index is 0.767. The smallest absolute Gasteiger partial charge is 0.137 e. The first kappa shape index (κ1) is 7.16. The summed E-state index contributed by atoms with van der Waals surface area (Å²) in [6.07, 6.45) is 1.89. The Labute approximate surface area is 70.8 Å². The average molecular weight is 161 g/mol. The van der Waals surface area contributed by atoms with Crippen LogP contribution in [0.4, 0.5) is 5.69 Å².